The first-order chi connectivity index (χ1) is 9.22. The van der Waals surface area contributed by atoms with E-state index in [1.54, 1.807) is 0 Å². The van der Waals surface area contributed by atoms with Crippen LogP contribution in [0.15, 0.2) is 18.2 Å². The Labute approximate surface area is 116 Å². The molecule has 1 N–H and O–H groups in total. The van der Waals surface area contributed by atoms with Crippen molar-refractivity contribution in [2.75, 3.05) is 6.54 Å². The molecule has 0 aliphatic heterocycles. The summed E-state index contributed by atoms with van der Waals surface area (Å²) in [5.74, 6) is -0.832. The quantitative estimate of drug-likeness (QED) is 0.515. The number of carbonyl (C=O) groups is 1. The van der Waals surface area contributed by atoms with E-state index in [2.05, 4.69) is 5.32 Å². The van der Waals surface area contributed by atoms with Crippen molar-refractivity contribution in [2.45, 2.75) is 19.0 Å². The second-order valence-electron chi connectivity index (χ2n) is 3.87. The minimum absolute atomic E-state index is 0.210. The minimum Gasteiger partial charge on any atom is -0.352 e. The van der Waals surface area contributed by atoms with Gasteiger partial charge in [-0.2, -0.15) is 13.2 Å². The Hall–Kier alpha value is -1.83. The first-order valence-corrected chi connectivity index (χ1v) is 5.88. The fourth-order valence-electron chi connectivity index (χ4n) is 1.47. The Morgan fingerprint density at radius 1 is 1.40 bits per heavy atom. The summed E-state index contributed by atoms with van der Waals surface area (Å²) in [5.41, 5.74) is -0.850. The number of carbonyl (C=O) groups excluding carboxylic acids is 1. The maximum Gasteiger partial charge on any atom is 0.389 e. The van der Waals surface area contributed by atoms with Gasteiger partial charge in [0.2, 0.25) is 0 Å². The van der Waals surface area contributed by atoms with Crippen LogP contribution in [0.3, 0.4) is 0 Å². The van der Waals surface area contributed by atoms with Crippen molar-refractivity contribution in [2.24, 2.45) is 0 Å². The van der Waals surface area contributed by atoms with Crippen molar-refractivity contribution in [3.8, 4) is 0 Å². The monoisotopic (exact) mass is 310 g/mol. The SMILES string of the molecule is O=C(NCCCC(F)(F)F)c1cccc(Cl)c1[N+](=O)[O-]. The second-order valence-corrected chi connectivity index (χ2v) is 4.27. The molecule has 9 heteroatoms. The Kier molecular flexibility index (Phi) is 5.32. The third-order valence-electron chi connectivity index (χ3n) is 2.34. The molecule has 0 aromatic heterocycles. The summed E-state index contributed by atoms with van der Waals surface area (Å²) >= 11 is 5.62. The molecule has 1 aromatic carbocycles. The lowest BCUT2D eigenvalue weighted by molar-refractivity contribution is -0.385. The number of benzene rings is 1. The molecule has 0 radical (unpaired) electrons. The highest BCUT2D eigenvalue weighted by molar-refractivity contribution is 6.33. The molecule has 0 saturated heterocycles. The maximum absolute atomic E-state index is 11.9. The summed E-state index contributed by atoms with van der Waals surface area (Å²) in [5, 5.41) is 12.8. The second kappa shape index (κ2) is 6.56. The van der Waals surface area contributed by atoms with E-state index in [-0.39, 0.29) is 23.6 Å². The number of halogens is 4. The zero-order chi connectivity index (χ0) is 15.3. The third-order valence-corrected chi connectivity index (χ3v) is 2.64. The van der Waals surface area contributed by atoms with Crippen molar-refractivity contribution in [1.82, 2.24) is 5.32 Å². The highest BCUT2D eigenvalue weighted by Crippen LogP contribution is 2.28. The van der Waals surface area contributed by atoms with Crippen LogP contribution in [0, 0.1) is 10.1 Å². The summed E-state index contributed by atoms with van der Waals surface area (Å²) in [7, 11) is 0. The lowest BCUT2D eigenvalue weighted by atomic mass is 10.1. The van der Waals surface area contributed by atoms with Crippen LogP contribution in [0.5, 0.6) is 0 Å². The summed E-state index contributed by atoms with van der Waals surface area (Å²) in [4.78, 5) is 21.7. The van der Waals surface area contributed by atoms with Gasteiger partial charge in [0.15, 0.2) is 0 Å². The van der Waals surface area contributed by atoms with Crippen LogP contribution in [0.2, 0.25) is 5.02 Å². The fourth-order valence-corrected chi connectivity index (χ4v) is 1.71. The van der Waals surface area contributed by atoms with Crippen LogP contribution in [0.1, 0.15) is 23.2 Å². The number of alkyl halides is 3. The number of nitrogens with zero attached hydrogens (tertiary/aromatic N) is 1. The molecule has 0 aliphatic rings. The third kappa shape index (κ3) is 4.69. The van der Waals surface area contributed by atoms with Gasteiger partial charge in [0.1, 0.15) is 10.6 Å². The maximum atomic E-state index is 11.9. The van der Waals surface area contributed by atoms with Gasteiger partial charge in [-0.15, -0.1) is 0 Å². The van der Waals surface area contributed by atoms with Gasteiger partial charge in [0, 0.05) is 13.0 Å². The average molecular weight is 311 g/mol. The molecule has 110 valence electrons. The van der Waals surface area contributed by atoms with E-state index in [1.165, 1.54) is 18.2 Å². The zero-order valence-electron chi connectivity index (χ0n) is 10.0. The number of para-hydroxylation sites is 1. The molecule has 1 amide bonds. The van der Waals surface area contributed by atoms with E-state index in [4.69, 9.17) is 11.6 Å². The van der Waals surface area contributed by atoms with Gasteiger partial charge in [-0.25, -0.2) is 0 Å². The van der Waals surface area contributed by atoms with Crippen LogP contribution in [0.25, 0.3) is 0 Å². The van der Waals surface area contributed by atoms with Gasteiger partial charge in [-0.05, 0) is 18.6 Å². The largest absolute Gasteiger partial charge is 0.389 e. The standard InChI is InChI=1S/C11H10ClF3N2O3/c12-8-4-1-3-7(9(8)17(19)20)10(18)16-6-2-5-11(13,14)15/h1,3-4H,2,5-6H2,(H,16,18). The summed E-state index contributed by atoms with van der Waals surface area (Å²) < 4.78 is 35.7. The van der Waals surface area contributed by atoms with E-state index in [1.807, 2.05) is 0 Å². The van der Waals surface area contributed by atoms with Crippen molar-refractivity contribution in [3.63, 3.8) is 0 Å². The Bertz CT molecular complexity index is 520. The molecule has 5 nitrogen and oxygen atoms in total. The number of hydrogen-bond donors (Lipinski definition) is 1. The number of amides is 1. The highest BCUT2D eigenvalue weighted by Gasteiger charge is 2.27. The molecule has 0 heterocycles. The Balaban J connectivity index is 2.69. The summed E-state index contributed by atoms with van der Waals surface area (Å²) in [6, 6.07) is 3.78. The first-order valence-electron chi connectivity index (χ1n) is 5.50. The van der Waals surface area contributed by atoms with Crippen LogP contribution in [-0.4, -0.2) is 23.6 Å². The van der Waals surface area contributed by atoms with Gasteiger partial charge >= 0.3 is 11.9 Å². The zero-order valence-corrected chi connectivity index (χ0v) is 10.8. The number of nitro benzene ring substituents is 1. The van der Waals surface area contributed by atoms with E-state index < -0.39 is 29.1 Å². The molecule has 1 aromatic rings. The predicted octanol–water partition coefficient (Wildman–Crippen LogP) is 3.32. The lowest BCUT2D eigenvalue weighted by Gasteiger charge is -2.08. The number of hydrogen-bond acceptors (Lipinski definition) is 3. The first kappa shape index (κ1) is 16.2. The molecule has 0 aliphatic carbocycles. The molecular formula is C11H10ClF3N2O3. The van der Waals surface area contributed by atoms with Crippen LogP contribution in [-0.2, 0) is 0 Å². The van der Waals surface area contributed by atoms with Gasteiger partial charge in [0.25, 0.3) is 5.91 Å². The smallest absolute Gasteiger partial charge is 0.352 e. The molecule has 1 rings (SSSR count). The van der Waals surface area contributed by atoms with Crippen molar-refractivity contribution < 1.29 is 22.9 Å². The van der Waals surface area contributed by atoms with E-state index in [9.17, 15) is 28.1 Å². The molecular weight excluding hydrogens is 301 g/mol. The molecule has 0 unspecified atom stereocenters. The van der Waals surface area contributed by atoms with Crippen molar-refractivity contribution in [1.29, 1.82) is 0 Å². The van der Waals surface area contributed by atoms with Gasteiger partial charge in [0.05, 0.1) is 4.92 Å². The minimum atomic E-state index is -4.30. The van der Waals surface area contributed by atoms with Gasteiger partial charge in [-0.3, -0.25) is 14.9 Å². The highest BCUT2D eigenvalue weighted by atomic mass is 35.5. The summed E-state index contributed by atoms with van der Waals surface area (Å²) in [6.07, 6.45) is -5.64. The number of nitro groups is 1. The topological polar surface area (TPSA) is 72.2 Å². The molecule has 0 spiro atoms. The van der Waals surface area contributed by atoms with Crippen LogP contribution < -0.4 is 5.32 Å². The number of nitrogens with one attached hydrogen (secondary N) is 1. The average Bonchev–Trinajstić information content (AvgIpc) is 2.32. The molecule has 0 atom stereocenters. The van der Waals surface area contributed by atoms with Crippen LogP contribution in [0.4, 0.5) is 18.9 Å². The van der Waals surface area contributed by atoms with E-state index >= 15 is 0 Å². The van der Waals surface area contributed by atoms with Gasteiger partial charge in [-0.1, -0.05) is 17.7 Å². The van der Waals surface area contributed by atoms with Crippen LogP contribution >= 0.6 is 11.6 Å². The van der Waals surface area contributed by atoms with E-state index in [0.717, 1.165) is 0 Å². The Morgan fingerprint density at radius 2 is 2.05 bits per heavy atom. The lowest BCUT2D eigenvalue weighted by Crippen LogP contribution is -2.26. The molecule has 20 heavy (non-hydrogen) atoms. The predicted molar refractivity (Wildman–Crippen MR) is 65.7 cm³/mol. The number of rotatable bonds is 5. The van der Waals surface area contributed by atoms with E-state index in [0.29, 0.717) is 0 Å². The van der Waals surface area contributed by atoms with Crippen molar-refractivity contribution >= 4 is 23.2 Å². The molecule has 0 bridgehead atoms. The fraction of sp³-hybridized carbons (Fsp3) is 0.364. The normalized spacial score (nSPS) is 11.2. The molecule has 0 fully saturated rings. The van der Waals surface area contributed by atoms with Gasteiger partial charge < -0.3 is 5.32 Å². The Morgan fingerprint density at radius 3 is 2.60 bits per heavy atom. The molecule has 0 saturated carbocycles. The summed E-state index contributed by atoms with van der Waals surface area (Å²) in [6.45, 7) is -0.234. The van der Waals surface area contributed by atoms with Crippen molar-refractivity contribution in [3.05, 3.63) is 38.9 Å².